The highest BCUT2D eigenvalue weighted by Gasteiger charge is 2.55. The molecular weight excluding hydrogens is 453 g/mol. The SMILES string of the molecule is CCOC1CC(NC(=NC)NCC2CN(C)CCN2C)C12CCCCC2.I. The Bertz CT molecular complexity index is 483. The number of halogens is 1. The minimum absolute atomic E-state index is 0. The molecule has 3 fully saturated rings. The largest absolute Gasteiger partial charge is 0.378 e. The van der Waals surface area contributed by atoms with Crippen molar-refractivity contribution in [3.63, 3.8) is 0 Å². The molecule has 1 heterocycles. The molecule has 3 atom stereocenters. The Balaban J connectivity index is 0.00000261. The first kappa shape index (κ1) is 23.2. The van der Waals surface area contributed by atoms with Gasteiger partial charge in [0.1, 0.15) is 0 Å². The number of rotatable bonds is 5. The summed E-state index contributed by atoms with van der Waals surface area (Å²) < 4.78 is 6.09. The number of ether oxygens (including phenoxy) is 1. The molecule has 0 amide bonds. The first-order valence-electron chi connectivity index (χ1n) is 10.6. The molecule has 6 nitrogen and oxygen atoms in total. The average Bonchev–Trinajstić information content (AvgIpc) is 2.66. The van der Waals surface area contributed by atoms with Crippen molar-refractivity contribution in [2.75, 3.05) is 53.9 Å². The van der Waals surface area contributed by atoms with Gasteiger partial charge in [-0.3, -0.25) is 9.89 Å². The van der Waals surface area contributed by atoms with E-state index in [1.54, 1.807) is 0 Å². The number of hydrogen-bond acceptors (Lipinski definition) is 4. The molecular formula is C20H40IN5O. The number of guanidine groups is 1. The lowest BCUT2D eigenvalue weighted by Gasteiger charge is -2.58. The average molecular weight is 493 g/mol. The van der Waals surface area contributed by atoms with Crippen molar-refractivity contribution in [2.45, 2.75) is 63.6 Å². The lowest BCUT2D eigenvalue weighted by Crippen LogP contribution is -2.67. The Hall–Kier alpha value is -0.120. The van der Waals surface area contributed by atoms with Crippen molar-refractivity contribution in [3.05, 3.63) is 0 Å². The summed E-state index contributed by atoms with van der Waals surface area (Å²) in [5.41, 5.74) is 0.327. The molecule has 27 heavy (non-hydrogen) atoms. The van der Waals surface area contributed by atoms with E-state index >= 15 is 0 Å². The van der Waals surface area contributed by atoms with Gasteiger partial charge in [0.15, 0.2) is 5.96 Å². The number of aliphatic imine (C=N–C) groups is 1. The summed E-state index contributed by atoms with van der Waals surface area (Å²) >= 11 is 0. The van der Waals surface area contributed by atoms with Crippen molar-refractivity contribution in [2.24, 2.45) is 10.4 Å². The van der Waals surface area contributed by atoms with Gasteiger partial charge in [-0.1, -0.05) is 19.3 Å². The monoisotopic (exact) mass is 493 g/mol. The van der Waals surface area contributed by atoms with E-state index in [1.807, 2.05) is 7.05 Å². The fourth-order valence-corrected chi connectivity index (χ4v) is 5.16. The van der Waals surface area contributed by atoms with Crippen LogP contribution in [0.15, 0.2) is 4.99 Å². The van der Waals surface area contributed by atoms with Crippen LogP contribution in [0.25, 0.3) is 0 Å². The Morgan fingerprint density at radius 2 is 1.93 bits per heavy atom. The number of likely N-dealkylation sites (N-methyl/N-ethyl adjacent to an activating group) is 2. The number of piperazine rings is 1. The van der Waals surface area contributed by atoms with Gasteiger partial charge in [0, 0.05) is 57.3 Å². The van der Waals surface area contributed by atoms with Crippen molar-refractivity contribution in [1.29, 1.82) is 0 Å². The summed E-state index contributed by atoms with van der Waals surface area (Å²) in [7, 11) is 6.32. The highest BCUT2D eigenvalue weighted by Crippen LogP contribution is 2.53. The Morgan fingerprint density at radius 3 is 2.59 bits per heavy atom. The third kappa shape index (κ3) is 5.28. The molecule has 0 bridgehead atoms. The lowest BCUT2D eigenvalue weighted by molar-refractivity contribution is -0.145. The summed E-state index contributed by atoms with van der Waals surface area (Å²) in [6, 6.07) is 1.03. The van der Waals surface area contributed by atoms with Crippen LogP contribution >= 0.6 is 24.0 Å². The fraction of sp³-hybridized carbons (Fsp3) is 0.950. The van der Waals surface area contributed by atoms with E-state index in [-0.39, 0.29) is 24.0 Å². The van der Waals surface area contributed by atoms with Gasteiger partial charge < -0.3 is 20.3 Å². The second kappa shape index (κ2) is 10.6. The molecule has 1 saturated heterocycles. The minimum atomic E-state index is 0. The van der Waals surface area contributed by atoms with E-state index in [0.29, 0.717) is 23.6 Å². The molecule has 2 N–H and O–H groups in total. The maximum Gasteiger partial charge on any atom is 0.191 e. The molecule has 0 aromatic carbocycles. The maximum absolute atomic E-state index is 6.09. The van der Waals surface area contributed by atoms with Crippen LogP contribution < -0.4 is 10.6 Å². The second-order valence-corrected chi connectivity index (χ2v) is 8.52. The molecule has 1 spiro atoms. The smallest absolute Gasteiger partial charge is 0.191 e. The van der Waals surface area contributed by atoms with E-state index in [4.69, 9.17) is 4.74 Å². The lowest BCUT2D eigenvalue weighted by atomic mass is 9.55. The van der Waals surface area contributed by atoms with Gasteiger partial charge in [0.2, 0.25) is 0 Å². The van der Waals surface area contributed by atoms with Crippen molar-refractivity contribution in [3.8, 4) is 0 Å². The highest BCUT2D eigenvalue weighted by atomic mass is 127. The van der Waals surface area contributed by atoms with E-state index in [1.165, 1.54) is 32.1 Å². The molecule has 3 unspecified atom stereocenters. The second-order valence-electron chi connectivity index (χ2n) is 8.52. The van der Waals surface area contributed by atoms with Crippen LogP contribution in [0.1, 0.15) is 45.4 Å². The first-order chi connectivity index (χ1) is 12.6. The molecule has 3 aliphatic rings. The van der Waals surface area contributed by atoms with E-state index in [0.717, 1.165) is 45.2 Å². The normalized spacial score (nSPS) is 31.9. The summed E-state index contributed by atoms with van der Waals surface area (Å²) in [6.07, 6.45) is 8.19. The van der Waals surface area contributed by atoms with Crippen LogP contribution in [0.2, 0.25) is 0 Å². The fourth-order valence-electron chi connectivity index (χ4n) is 5.16. The van der Waals surface area contributed by atoms with Crippen LogP contribution in [0.4, 0.5) is 0 Å². The zero-order chi connectivity index (χ0) is 18.6. The number of nitrogens with zero attached hydrogens (tertiary/aromatic N) is 3. The predicted octanol–water partition coefficient (Wildman–Crippen LogP) is 2.14. The highest BCUT2D eigenvalue weighted by molar-refractivity contribution is 14.0. The van der Waals surface area contributed by atoms with Crippen LogP contribution in [0.3, 0.4) is 0 Å². The summed E-state index contributed by atoms with van der Waals surface area (Å²) in [6.45, 7) is 7.29. The van der Waals surface area contributed by atoms with Crippen LogP contribution in [0.5, 0.6) is 0 Å². The molecule has 7 heteroatoms. The molecule has 158 valence electrons. The quantitative estimate of drug-likeness (QED) is 0.349. The zero-order valence-electron chi connectivity index (χ0n) is 17.7. The standard InChI is InChI=1S/C20H39N5O.HI/c1-5-26-18-13-17(20(18)9-7-6-8-10-20)23-19(21-2)22-14-16-15-24(3)11-12-25(16)4;/h16-18H,5-15H2,1-4H3,(H2,21,22,23);1H. The van der Waals surface area contributed by atoms with Gasteiger partial charge in [0.25, 0.3) is 0 Å². The Labute approximate surface area is 182 Å². The Kier molecular flexibility index (Phi) is 9.09. The van der Waals surface area contributed by atoms with Gasteiger partial charge in [-0.25, -0.2) is 0 Å². The van der Waals surface area contributed by atoms with Crippen LogP contribution in [-0.4, -0.2) is 87.9 Å². The van der Waals surface area contributed by atoms with Gasteiger partial charge in [-0.15, -0.1) is 24.0 Å². The molecule has 0 aromatic rings. The van der Waals surface area contributed by atoms with E-state index in [9.17, 15) is 0 Å². The third-order valence-electron chi connectivity index (χ3n) is 6.96. The topological polar surface area (TPSA) is 52.1 Å². The van der Waals surface area contributed by atoms with Crippen LogP contribution in [-0.2, 0) is 4.74 Å². The minimum Gasteiger partial charge on any atom is -0.378 e. The van der Waals surface area contributed by atoms with Crippen molar-refractivity contribution >= 4 is 29.9 Å². The number of nitrogens with one attached hydrogen (secondary N) is 2. The first-order valence-corrected chi connectivity index (χ1v) is 10.6. The van der Waals surface area contributed by atoms with Crippen LogP contribution in [0, 0.1) is 5.41 Å². The number of hydrogen-bond donors (Lipinski definition) is 2. The molecule has 2 saturated carbocycles. The predicted molar refractivity (Wildman–Crippen MR) is 123 cm³/mol. The summed E-state index contributed by atoms with van der Waals surface area (Å²) in [5, 5.41) is 7.33. The van der Waals surface area contributed by atoms with Gasteiger partial charge in [0.05, 0.1) is 6.10 Å². The zero-order valence-corrected chi connectivity index (χ0v) is 20.0. The van der Waals surface area contributed by atoms with Gasteiger partial charge in [-0.2, -0.15) is 0 Å². The summed E-state index contributed by atoms with van der Waals surface area (Å²) in [4.78, 5) is 9.38. The molecule has 0 radical (unpaired) electrons. The molecule has 0 aromatic heterocycles. The van der Waals surface area contributed by atoms with E-state index in [2.05, 4.69) is 46.4 Å². The van der Waals surface area contributed by atoms with Gasteiger partial charge in [-0.05, 0) is 40.3 Å². The Morgan fingerprint density at radius 1 is 1.19 bits per heavy atom. The van der Waals surface area contributed by atoms with Crippen molar-refractivity contribution < 1.29 is 4.74 Å². The van der Waals surface area contributed by atoms with Crippen molar-refractivity contribution in [1.82, 2.24) is 20.4 Å². The maximum atomic E-state index is 6.09. The van der Waals surface area contributed by atoms with E-state index < -0.39 is 0 Å². The van der Waals surface area contributed by atoms with Gasteiger partial charge >= 0.3 is 0 Å². The third-order valence-corrected chi connectivity index (χ3v) is 6.96. The molecule has 3 rings (SSSR count). The molecule has 1 aliphatic heterocycles. The molecule has 2 aliphatic carbocycles. The summed E-state index contributed by atoms with van der Waals surface area (Å²) in [5.74, 6) is 0.955.